The van der Waals surface area contributed by atoms with Gasteiger partial charge in [0.1, 0.15) is 6.61 Å². The lowest BCUT2D eigenvalue weighted by Gasteiger charge is -2.16. The van der Waals surface area contributed by atoms with Crippen LogP contribution in [-0.2, 0) is 6.61 Å². The molecule has 3 nitrogen and oxygen atoms in total. The van der Waals surface area contributed by atoms with Crippen molar-refractivity contribution < 1.29 is 14.6 Å². The number of hydrogen-bond donors (Lipinski definition) is 1. The summed E-state index contributed by atoms with van der Waals surface area (Å²) < 4.78 is 11.5. The van der Waals surface area contributed by atoms with E-state index in [4.69, 9.17) is 9.47 Å². The lowest BCUT2D eigenvalue weighted by molar-refractivity contribution is 0.165. The van der Waals surface area contributed by atoms with Crippen LogP contribution in [0, 0.1) is 0 Å². The van der Waals surface area contributed by atoms with Gasteiger partial charge in [-0.15, -0.1) is 0 Å². The van der Waals surface area contributed by atoms with E-state index in [-0.39, 0.29) is 0 Å². The summed E-state index contributed by atoms with van der Waals surface area (Å²) in [4.78, 5) is 0. The van der Waals surface area contributed by atoms with E-state index in [9.17, 15) is 5.11 Å². The van der Waals surface area contributed by atoms with E-state index in [1.165, 1.54) is 0 Å². The van der Waals surface area contributed by atoms with Gasteiger partial charge in [-0.1, -0.05) is 49.7 Å². The molecule has 22 heavy (non-hydrogen) atoms. The molecule has 0 aromatic heterocycles. The molecule has 1 N–H and O–H groups in total. The molecule has 2 aromatic rings. The number of aliphatic hydroxyl groups is 1. The van der Waals surface area contributed by atoms with E-state index in [0.29, 0.717) is 24.7 Å². The zero-order valence-electron chi connectivity index (χ0n) is 13.3. The van der Waals surface area contributed by atoms with Crippen LogP contribution < -0.4 is 9.47 Å². The fourth-order valence-corrected chi connectivity index (χ4v) is 2.29. The molecule has 0 aliphatic heterocycles. The van der Waals surface area contributed by atoms with Gasteiger partial charge in [0.05, 0.1) is 12.7 Å². The van der Waals surface area contributed by atoms with E-state index in [2.05, 4.69) is 6.92 Å². The molecule has 1 atom stereocenters. The van der Waals surface area contributed by atoms with Crippen molar-refractivity contribution in [3.8, 4) is 11.5 Å². The zero-order valence-corrected chi connectivity index (χ0v) is 13.3. The first kappa shape index (κ1) is 16.4. The van der Waals surface area contributed by atoms with Crippen LogP contribution in [0.1, 0.15) is 43.9 Å². The van der Waals surface area contributed by atoms with Crippen molar-refractivity contribution in [1.82, 2.24) is 0 Å². The van der Waals surface area contributed by atoms with Crippen LogP contribution in [0.15, 0.2) is 48.5 Å². The van der Waals surface area contributed by atoms with Crippen LogP contribution in [-0.4, -0.2) is 11.7 Å². The third kappa shape index (κ3) is 4.50. The Morgan fingerprint density at radius 3 is 2.41 bits per heavy atom. The first-order valence-electron chi connectivity index (χ1n) is 7.86. The van der Waals surface area contributed by atoms with Crippen LogP contribution in [0.2, 0.25) is 0 Å². The van der Waals surface area contributed by atoms with Crippen molar-refractivity contribution in [3.63, 3.8) is 0 Å². The van der Waals surface area contributed by atoms with Gasteiger partial charge < -0.3 is 14.6 Å². The van der Waals surface area contributed by atoms with Gasteiger partial charge in [-0.25, -0.2) is 0 Å². The van der Waals surface area contributed by atoms with Gasteiger partial charge in [0.15, 0.2) is 11.5 Å². The largest absolute Gasteiger partial charge is 0.490 e. The average Bonchev–Trinajstić information content (AvgIpc) is 2.55. The standard InChI is InChI=1S/C19H24O3/c1-3-8-17(20)16-11-12-18(19(13-16)21-4-2)22-14-15-9-6-5-7-10-15/h5-7,9-13,17,20H,3-4,8,14H2,1-2H3. The van der Waals surface area contributed by atoms with Crippen LogP contribution in [0.5, 0.6) is 11.5 Å². The van der Waals surface area contributed by atoms with Gasteiger partial charge in [0, 0.05) is 0 Å². The molecule has 0 aliphatic carbocycles. The van der Waals surface area contributed by atoms with Crippen LogP contribution in [0.25, 0.3) is 0 Å². The Bertz CT molecular complexity index is 566. The summed E-state index contributed by atoms with van der Waals surface area (Å²) in [6.07, 6.45) is 1.24. The second-order valence-electron chi connectivity index (χ2n) is 5.22. The van der Waals surface area contributed by atoms with E-state index >= 15 is 0 Å². The van der Waals surface area contributed by atoms with Crippen LogP contribution in [0.4, 0.5) is 0 Å². The summed E-state index contributed by atoms with van der Waals surface area (Å²) >= 11 is 0. The third-order valence-corrected chi connectivity index (χ3v) is 3.45. The third-order valence-electron chi connectivity index (χ3n) is 3.45. The first-order valence-corrected chi connectivity index (χ1v) is 7.86. The molecule has 2 rings (SSSR count). The minimum atomic E-state index is -0.452. The lowest BCUT2D eigenvalue weighted by atomic mass is 10.0. The van der Waals surface area contributed by atoms with Gasteiger partial charge in [0.25, 0.3) is 0 Å². The number of benzene rings is 2. The van der Waals surface area contributed by atoms with Crippen molar-refractivity contribution in [3.05, 3.63) is 59.7 Å². The average molecular weight is 300 g/mol. The van der Waals surface area contributed by atoms with Crippen molar-refractivity contribution >= 4 is 0 Å². The zero-order chi connectivity index (χ0) is 15.8. The molecule has 118 valence electrons. The molecule has 0 fully saturated rings. The van der Waals surface area contributed by atoms with E-state index < -0.39 is 6.10 Å². The van der Waals surface area contributed by atoms with E-state index in [1.807, 2.05) is 55.5 Å². The quantitative estimate of drug-likeness (QED) is 0.780. The fraction of sp³-hybridized carbons (Fsp3) is 0.368. The predicted molar refractivity (Wildman–Crippen MR) is 88.3 cm³/mol. The summed E-state index contributed by atoms with van der Waals surface area (Å²) in [7, 11) is 0. The minimum absolute atomic E-state index is 0.452. The Kier molecular flexibility index (Phi) is 6.28. The van der Waals surface area contributed by atoms with Gasteiger partial charge >= 0.3 is 0 Å². The Labute approximate surface area is 132 Å². The fourth-order valence-electron chi connectivity index (χ4n) is 2.29. The number of ether oxygens (including phenoxy) is 2. The molecule has 0 spiro atoms. The maximum Gasteiger partial charge on any atom is 0.161 e. The summed E-state index contributed by atoms with van der Waals surface area (Å²) in [6, 6.07) is 15.7. The molecule has 2 aromatic carbocycles. The Morgan fingerprint density at radius 2 is 1.73 bits per heavy atom. The highest BCUT2D eigenvalue weighted by atomic mass is 16.5. The van der Waals surface area contributed by atoms with Crippen LogP contribution in [0.3, 0.4) is 0 Å². The highest BCUT2D eigenvalue weighted by molar-refractivity contribution is 5.43. The number of hydrogen-bond acceptors (Lipinski definition) is 3. The summed E-state index contributed by atoms with van der Waals surface area (Å²) in [5.41, 5.74) is 1.98. The number of rotatable bonds is 8. The molecule has 0 aliphatic rings. The molecule has 0 amide bonds. The monoisotopic (exact) mass is 300 g/mol. The molecule has 0 saturated carbocycles. The van der Waals surface area contributed by atoms with Gasteiger partial charge in [0.2, 0.25) is 0 Å². The molecule has 0 saturated heterocycles. The molecule has 3 heteroatoms. The highest BCUT2D eigenvalue weighted by Crippen LogP contribution is 2.32. The highest BCUT2D eigenvalue weighted by Gasteiger charge is 2.12. The van der Waals surface area contributed by atoms with Crippen molar-refractivity contribution in [2.24, 2.45) is 0 Å². The molecule has 0 radical (unpaired) electrons. The topological polar surface area (TPSA) is 38.7 Å². The minimum Gasteiger partial charge on any atom is -0.490 e. The summed E-state index contributed by atoms with van der Waals surface area (Å²) in [6.45, 7) is 5.06. The molecule has 0 bridgehead atoms. The Hall–Kier alpha value is -2.00. The predicted octanol–water partition coefficient (Wildman–Crippen LogP) is 4.50. The first-order chi connectivity index (χ1) is 10.7. The van der Waals surface area contributed by atoms with Gasteiger partial charge in [-0.3, -0.25) is 0 Å². The maximum absolute atomic E-state index is 10.1. The van der Waals surface area contributed by atoms with E-state index in [0.717, 1.165) is 24.0 Å². The summed E-state index contributed by atoms with van der Waals surface area (Å²) in [5.74, 6) is 1.39. The van der Waals surface area contributed by atoms with Gasteiger partial charge in [-0.2, -0.15) is 0 Å². The smallest absolute Gasteiger partial charge is 0.161 e. The maximum atomic E-state index is 10.1. The molecular weight excluding hydrogens is 276 g/mol. The second kappa shape index (κ2) is 8.44. The van der Waals surface area contributed by atoms with Crippen molar-refractivity contribution in [2.45, 2.75) is 39.4 Å². The lowest BCUT2D eigenvalue weighted by Crippen LogP contribution is -2.02. The van der Waals surface area contributed by atoms with Crippen LogP contribution >= 0.6 is 0 Å². The Morgan fingerprint density at radius 1 is 0.955 bits per heavy atom. The SMILES string of the molecule is CCCC(O)c1ccc(OCc2ccccc2)c(OCC)c1. The Balaban J connectivity index is 2.12. The normalized spacial score (nSPS) is 12.0. The molecule has 0 heterocycles. The molecular formula is C19H24O3. The molecule has 1 unspecified atom stereocenters. The second-order valence-corrected chi connectivity index (χ2v) is 5.22. The van der Waals surface area contributed by atoms with Crippen molar-refractivity contribution in [2.75, 3.05) is 6.61 Å². The van der Waals surface area contributed by atoms with Crippen molar-refractivity contribution in [1.29, 1.82) is 0 Å². The van der Waals surface area contributed by atoms with Gasteiger partial charge in [-0.05, 0) is 36.6 Å². The number of aliphatic hydroxyl groups excluding tert-OH is 1. The van der Waals surface area contributed by atoms with E-state index in [1.54, 1.807) is 0 Å². The summed E-state index contributed by atoms with van der Waals surface area (Å²) in [5, 5.41) is 10.1.